The van der Waals surface area contributed by atoms with Gasteiger partial charge in [0.05, 0.1) is 0 Å². The normalized spacial score (nSPS) is 12.8. The molecule has 0 fully saturated rings. The van der Waals surface area contributed by atoms with Gasteiger partial charge in [0.2, 0.25) is 5.91 Å². The van der Waals surface area contributed by atoms with Crippen LogP contribution < -0.4 is 11.1 Å². The number of nitrogens with one attached hydrogen (secondary N) is 1. The minimum atomic E-state index is -0.515. The molecule has 1 aromatic rings. The molecular formula is C12H20N2OS. The van der Waals surface area contributed by atoms with Gasteiger partial charge in [-0.05, 0) is 30.2 Å². The number of carbonyl (C=O) groups excluding carboxylic acids is 1. The topological polar surface area (TPSA) is 55.1 Å². The van der Waals surface area contributed by atoms with E-state index in [-0.39, 0.29) is 5.91 Å². The maximum atomic E-state index is 11.7. The molecule has 16 heavy (non-hydrogen) atoms. The van der Waals surface area contributed by atoms with Crippen molar-refractivity contribution in [2.24, 2.45) is 11.7 Å². The van der Waals surface area contributed by atoms with Gasteiger partial charge in [0, 0.05) is 11.4 Å². The van der Waals surface area contributed by atoms with Crippen LogP contribution in [0.15, 0.2) is 17.5 Å². The molecule has 4 heteroatoms. The van der Waals surface area contributed by atoms with E-state index in [1.54, 1.807) is 0 Å². The first kappa shape index (κ1) is 13.2. The predicted octanol–water partition coefficient (Wildman–Crippen LogP) is 2.30. The Kier molecular flexibility index (Phi) is 5.49. The van der Waals surface area contributed by atoms with Crippen molar-refractivity contribution in [3.05, 3.63) is 22.4 Å². The van der Waals surface area contributed by atoms with Crippen molar-refractivity contribution in [1.29, 1.82) is 0 Å². The summed E-state index contributed by atoms with van der Waals surface area (Å²) in [5.41, 5.74) is 5.82. The summed E-state index contributed by atoms with van der Waals surface area (Å²) >= 11 is 1.52. The molecule has 1 amide bonds. The number of hydrogen-bond acceptors (Lipinski definition) is 3. The second-order valence-corrected chi connectivity index (χ2v) is 5.30. The summed E-state index contributed by atoms with van der Waals surface area (Å²) in [7, 11) is 0. The van der Waals surface area contributed by atoms with Gasteiger partial charge in [-0.15, -0.1) is 11.3 Å². The Hall–Kier alpha value is -0.870. The van der Waals surface area contributed by atoms with Crippen LogP contribution in [0, 0.1) is 5.92 Å². The van der Waals surface area contributed by atoms with Gasteiger partial charge >= 0.3 is 0 Å². The Morgan fingerprint density at radius 1 is 1.56 bits per heavy atom. The van der Waals surface area contributed by atoms with Gasteiger partial charge in [0.1, 0.15) is 6.04 Å². The van der Waals surface area contributed by atoms with Crippen molar-refractivity contribution < 1.29 is 4.79 Å². The van der Waals surface area contributed by atoms with Gasteiger partial charge in [-0.1, -0.05) is 19.9 Å². The summed E-state index contributed by atoms with van der Waals surface area (Å²) in [5.74, 6) is 0.606. The summed E-state index contributed by atoms with van der Waals surface area (Å²) in [6.07, 6.45) is 2.15. The van der Waals surface area contributed by atoms with Gasteiger partial charge in [-0.25, -0.2) is 0 Å². The molecule has 0 aliphatic carbocycles. The van der Waals surface area contributed by atoms with E-state index < -0.39 is 6.04 Å². The number of thiophene rings is 1. The highest BCUT2D eigenvalue weighted by Gasteiger charge is 2.15. The maximum Gasteiger partial charge on any atom is 0.242 e. The fraction of sp³-hybridized carbons (Fsp3) is 0.583. The number of amides is 1. The highest BCUT2D eigenvalue weighted by atomic mass is 32.1. The van der Waals surface area contributed by atoms with Gasteiger partial charge in [-0.2, -0.15) is 0 Å². The average molecular weight is 240 g/mol. The third kappa shape index (κ3) is 4.33. The van der Waals surface area contributed by atoms with E-state index in [0.29, 0.717) is 5.92 Å². The van der Waals surface area contributed by atoms with Crippen LogP contribution in [0.1, 0.15) is 37.6 Å². The van der Waals surface area contributed by atoms with E-state index in [4.69, 9.17) is 5.73 Å². The van der Waals surface area contributed by atoms with Crippen molar-refractivity contribution in [3.63, 3.8) is 0 Å². The van der Waals surface area contributed by atoms with Crippen LogP contribution >= 0.6 is 11.3 Å². The number of rotatable bonds is 6. The first-order valence-electron chi connectivity index (χ1n) is 5.68. The smallest absolute Gasteiger partial charge is 0.242 e. The second kappa shape index (κ2) is 6.66. The Labute approximate surface area is 101 Å². The van der Waals surface area contributed by atoms with Crippen LogP contribution in [0.5, 0.6) is 0 Å². The molecule has 1 atom stereocenters. The van der Waals surface area contributed by atoms with Crippen LogP contribution in [0.2, 0.25) is 0 Å². The standard InChI is InChI=1S/C12H20N2OS/c1-9(2)5-3-7-14-12(15)11(13)10-6-4-8-16-10/h4,6,8-9,11H,3,5,7,13H2,1-2H3,(H,14,15). The van der Waals surface area contributed by atoms with Crippen LogP contribution in [-0.4, -0.2) is 12.5 Å². The molecule has 0 aliphatic rings. The van der Waals surface area contributed by atoms with Gasteiger partial charge in [-0.3, -0.25) is 4.79 Å². The molecule has 0 saturated carbocycles. The lowest BCUT2D eigenvalue weighted by molar-refractivity contribution is -0.122. The third-order valence-electron chi connectivity index (χ3n) is 2.39. The van der Waals surface area contributed by atoms with Crippen LogP contribution in [0.3, 0.4) is 0 Å². The second-order valence-electron chi connectivity index (χ2n) is 4.32. The fourth-order valence-corrected chi connectivity index (χ4v) is 2.15. The first-order valence-corrected chi connectivity index (χ1v) is 6.56. The summed E-state index contributed by atoms with van der Waals surface area (Å²) in [5, 5.41) is 4.80. The van der Waals surface area contributed by atoms with Crippen LogP contribution in [0.4, 0.5) is 0 Å². The Bertz CT molecular complexity index is 309. The van der Waals surface area contributed by atoms with E-state index >= 15 is 0 Å². The van der Waals surface area contributed by atoms with E-state index in [9.17, 15) is 4.79 Å². The Morgan fingerprint density at radius 2 is 2.31 bits per heavy atom. The van der Waals surface area contributed by atoms with E-state index in [1.165, 1.54) is 11.3 Å². The summed E-state index contributed by atoms with van der Waals surface area (Å²) in [6.45, 7) is 5.08. The Morgan fingerprint density at radius 3 is 2.88 bits per heavy atom. The van der Waals surface area contributed by atoms with Crippen molar-refractivity contribution in [2.75, 3.05) is 6.54 Å². The minimum Gasteiger partial charge on any atom is -0.354 e. The molecule has 0 bridgehead atoms. The molecule has 0 aliphatic heterocycles. The fourth-order valence-electron chi connectivity index (χ4n) is 1.43. The summed E-state index contributed by atoms with van der Waals surface area (Å²) in [4.78, 5) is 12.6. The molecule has 0 aromatic carbocycles. The number of carbonyl (C=O) groups is 1. The lowest BCUT2D eigenvalue weighted by Gasteiger charge is -2.11. The first-order chi connectivity index (χ1) is 7.61. The highest BCUT2D eigenvalue weighted by Crippen LogP contribution is 2.16. The van der Waals surface area contributed by atoms with Gasteiger partial charge in [0.15, 0.2) is 0 Å². The lowest BCUT2D eigenvalue weighted by Crippen LogP contribution is -2.34. The minimum absolute atomic E-state index is 0.0776. The zero-order chi connectivity index (χ0) is 12.0. The number of hydrogen-bond donors (Lipinski definition) is 2. The molecule has 0 saturated heterocycles. The SMILES string of the molecule is CC(C)CCCNC(=O)C(N)c1cccs1. The molecule has 0 radical (unpaired) electrons. The molecule has 1 aromatic heterocycles. The highest BCUT2D eigenvalue weighted by molar-refractivity contribution is 7.10. The largest absolute Gasteiger partial charge is 0.354 e. The van der Waals surface area contributed by atoms with Crippen molar-refractivity contribution in [1.82, 2.24) is 5.32 Å². The molecule has 1 heterocycles. The van der Waals surface area contributed by atoms with Crippen molar-refractivity contribution in [3.8, 4) is 0 Å². The monoisotopic (exact) mass is 240 g/mol. The summed E-state index contributed by atoms with van der Waals surface area (Å²) < 4.78 is 0. The summed E-state index contributed by atoms with van der Waals surface area (Å²) in [6, 6.07) is 3.29. The average Bonchev–Trinajstić information content (AvgIpc) is 2.76. The van der Waals surface area contributed by atoms with Crippen LogP contribution in [-0.2, 0) is 4.79 Å². The molecule has 3 nitrogen and oxygen atoms in total. The molecule has 0 spiro atoms. The molecule has 90 valence electrons. The van der Waals surface area contributed by atoms with Crippen molar-refractivity contribution in [2.45, 2.75) is 32.7 Å². The van der Waals surface area contributed by atoms with Crippen molar-refractivity contribution >= 4 is 17.2 Å². The number of nitrogens with two attached hydrogens (primary N) is 1. The van der Waals surface area contributed by atoms with Gasteiger partial charge < -0.3 is 11.1 Å². The predicted molar refractivity (Wildman–Crippen MR) is 68.3 cm³/mol. The third-order valence-corrected chi connectivity index (χ3v) is 3.35. The molecule has 3 N–H and O–H groups in total. The van der Waals surface area contributed by atoms with E-state index in [0.717, 1.165) is 24.3 Å². The van der Waals surface area contributed by atoms with Gasteiger partial charge in [0.25, 0.3) is 0 Å². The zero-order valence-electron chi connectivity index (χ0n) is 9.90. The Balaban J connectivity index is 2.25. The van der Waals surface area contributed by atoms with E-state index in [1.807, 2.05) is 17.5 Å². The van der Waals surface area contributed by atoms with Crippen LogP contribution in [0.25, 0.3) is 0 Å². The maximum absolute atomic E-state index is 11.7. The molecule has 1 rings (SSSR count). The molecule has 1 unspecified atom stereocenters. The molecular weight excluding hydrogens is 220 g/mol. The zero-order valence-corrected chi connectivity index (χ0v) is 10.7. The lowest BCUT2D eigenvalue weighted by atomic mass is 10.1. The quantitative estimate of drug-likeness (QED) is 0.750. The van der Waals surface area contributed by atoms with E-state index in [2.05, 4.69) is 19.2 Å².